The van der Waals surface area contributed by atoms with Crippen LogP contribution in [0, 0.1) is 5.82 Å². The van der Waals surface area contributed by atoms with E-state index in [9.17, 15) is 9.18 Å². The SMILES string of the molecule is Nc1cc(F)cc(C(=O)NCc2ccccc2Cl)c1. The van der Waals surface area contributed by atoms with Crippen molar-refractivity contribution in [1.82, 2.24) is 5.32 Å². The zero-order valence-electron chi connectivity index (χ0n) is 9.99. The smallest absolute Gasteiger partial charge is 0.251 e. The van der Waals surface area contributed by atoms with Crippen LogP contribution in [0.4, 0.5) is 10.1 Å². The first-order chi connectivity index (χ1) is 9.06. The van der Waals surface area contributed by atoms with E-state index in [2.05, 4.69) is 5.32 Å². The van der Waals surface area contributed by atoms with Crippen LogP contribution in [0.2, 0.25) is 5.02 Å². The van der Waals surface area contributed by atoms with Crippen molar-refractivity contribution in [1.29, 1.82) is 0 Å². The second kappa shape index (κ2) is 5.71. The molecule has 1 amide bonds. The third-order valence-electron chi connectivity index (χ3n) is 2.58. The molecule has 0 atom stereocenters. The van der Waals surface area contributed by atoms with Gasteiger partial charge in [0.25, 0.3) is 5.91 Å². The van der Waals surface area contributed by atoms with Gasteiger partial charge in [-0.25, -0.2) is 4.39 Å². The van der Waals surface area contributed by atoms with Crippen molar-refractivity contribution in [3.63, 3.8) is 0 Å². The van der Waals surface area contributed by atoms with Crippen LogP contribution < -0.4 is 11.1 Å². The van der Waals surface area contributed by atoms with Crippen LogP contribution in [0.1, 0.15) is 15.9 Å². The third-order valence-corrected chi connectivity index (χ3v) is 2.95. The lowest BCUT2D eigenvalue weighted by atomic mass is 10.1. The van der Waals surface area contributed by atoms with E-state index in [1.165, 1.54) is 6.07 Å². The molecule has 0 aliphatic carbocycles. The molecule has 0 aliphatic heterocycles. The number of nitrogen functional groups attached to an aromatic ring is 1. The second-order valence-electron chi connectivity index (χ2n) is 4.05. The van der Waals surface area contributed by atoms with E-state index in [4.69, 9.17) is 17.3 Å². The number of halogens is 2. The van der Waals surface area contributed by atoms with Gasteiger partial charge in [-0.2, -0.15) is 0 Å². The lowest BCUT2D eigenvalue weighted by molar-refractivity contribution is 0.0950. The summed E-state index contributed by atoms with van der Waals surface area (Å²) in [6.07, 6.45) is 0. The topological polar surface area (TPSA) is 55.1 Å². The van der Waals surface area contributed by atoms with E-state index in [1.54, 1.807) is 12.1 Å². The fraction of sp³-hybridized carbons (Fsp3) is 0.0714. The first-order valence-corrected chi connectivity index (χ1v) is 6.02. The summed E-state index contributed by atoms with van der Waals surface area (Å²) in [6.45, 7) is 0.273. The molecule has 0 aromatic heterocycles. The Hall–Kier alpha value is -2.07. The molecule has 2 aromatic rings. The second-order valence-corrected chi connectivity index (χ2v) is 4.45. The largest absolute Gasteiger partial charge is 0.399 e. The predicted octanol–water partition coefficient (Wildman–Crippen LogP) is 2.99. The Kier molecular flexibility index (Phi) is 4.02. The average Bonchev–Trinajstić information content (AvgIpc) is 2.36. The first-order valence-electron chi connectivity index (χ1n) is 5.64. The molecule has 0 radical (unpaired) electrons. The molecule has 3 N–H and O–H groups in total. The van der Waals surface area contributed by atoms with Crippen molar-refractivity contribution >= 4 is 23.2 Å². The summed E-state index contributed by atoms with van der Waals surface area (Å²) in [5.74, 6) is -0.936. The van der Waals surface area contributed by atoms with Crippen LogP contribution in [0.25, 0.3) is 0 Å². The van der Waals surface area contributed by atoms with Crippen molar-refractivity contribution in [3.05, 3.63) is 64.4 Å². The molecule has 5 heteroatoms. The van der Waals surface area contributed by atoms with Crippen LogP contribution in [-0.2, 0) is 6.54 Å². The summed E-state index contributed by atoms with van der Waals surface area (Å²) in [6, 6.07) is 10.9. The van der Waals surface area contributed by atoms with Crippen molar-refractivity contribution < 1.29 is 9.18 Å². The van der Waals surface area contributed by atoms with E-state index in [0.717, 1.165) is 17.7 Å². The van der Waals surface area contributed by atoms with Crippen LogP contribution >= 0.6 is 11.6 Å². The molecular formula is C14H12ClFN2O. The van der Waals surface area contributed by atoms with Crippen molar-refractivity contribution in [2.24, 2.45) is 0 Å². The summed E-state index contributed by atoms with van der Waals surface area (Å²) < 4.78 is 13.1. The number of benzene rings is 2. The molecule has 0 heterocycles. The summed E-state index contributed by atoms with van der Waals surface area (Å²) in [7, 11) is 0. The van der Waals surface area contributed by atoms with Gasteiger partial charge >= 0.3 is 0 Å². The quantitative estimate of drug-likeness (QED) is 0.848. The Morgan fingerprint density at radius 3 is 2.68 bits per heavy atom. The lowest BCUT2D eigenvalue weighted by Crippen LogP contribution is -2.23. The van der Waals surface area contributed by atoms with Crippen LogP contribution in [0.3, 0.4) is 0 Å². The maximum absolute atomic E-state index is 13.1. The highest BCUT2D eigenvalue weighted by Crippen LogP contribution is 2.15. The minimum atomic E-state index is -0.539. The summed E-state index contributed by atoms with van der Waals surface area (Å²) >= 11 is 5.97. The molecule has 0 unspecified atom stereocenters. The van der Waals surface area contributed by atoms with E-state index in [0.29, 0.717) is 5.02 Å². The van der Waals surface area contributed by atoms with Gasteiger partial charge in [0.15, 0.2) is 0 Å². The minimum absolute atomic E-state index is 0.185. The molecule has 0 bridgehead atoms. The number of nitrogens with one attached hydrogen (secondary N) is 1. The van der Waals surface area contributed by atoms with E-state index >= 15 is 0 Å². The van der Waals surface area contributed by atoms with Crippen molar-refractivity contribution in [2.45, 2.75) is 6.54 Å². The van der Waals surface area contributed by atoms with E-state index in [-0.39, 0.29) is 17.8 Å². The zero-order valence-corrected chi connectivity index (χ0v) is 10.7. The normalized spacial score (nSPS) is 10.2. The molecule has 0 saturated carbocycles. The fourth-order valence-electron chi connectivity index (χ4n) is 1.66. The van der Waals surface area contributed by atoms with Gasteiger partial charge in [0, 0.05) is 22.8 Å². The van der Waals surface area contributed by atoms with Gasteiger partial charge < -0.3 is 11.1 Å². The lowest BCUT2D eigenvalue weighted by Gasteiger charge is -2.07. The molecule has 0 aliphatic rings. The number of carbonyl (C=O) groups is 1. The van der Waals surface area contributed by atoms with Gasteiger partial charge in [-0.15, -0.1) is 0 Å². The number of rotatable bonds is 3. The molecule has 19 heavy (non-hydrogen) atoms. The van der Waals surface area contributed by atoms with E-state index in [1.807, 2.05) is 12.1 Å². The van der Waals surface area contributed by atoms with Gasteiger partial charge in [-0.1, -0.05) is 29.8 Å². The molecule has 0 fully saturated rings. The van der Waals surface area contributed by atoms with E-state index < -0.39 is 11.7 Å². The van der Waals surface area contributed by atoms with Crippen LogP contribution in [0.5, 0.6) is 0 Å². The number of anilines is 1. The van der Waals surface area contributed by atoms with Crippen molar-refractivity contribution in [3.8, 4) is 0 Å². The van der Waals surface area contributed by atoms with Gasteiger partial charge in [-0.05, 0) is 29.8 Å². The maximum Gasteiger partial charge on any atom is 0.251 e. The number of nitrogens with two attached hydrogens (primary N) is 1. The van der Waals surface area contributed by atoms with Gasteiger partial charge in [0.1, 0.15) is 5.82 Å². The Labute approximate surface area is 115 Å². The molecular weight excluding hydrogens is 267 g/mol. The fourth-order valence-corrected chi connectivity index (χ4v) is 1.87. The number of amides is 1. The van der Waals surface area contributed by atoms with Crippen LogP contribution in [0.15, 0.2) is 42.5 Å². The number of hydrogen-bond donors (Lipinski definition) is 2. The van der Waals surface area contributed by atoms with Crippen molar-refractivity contribution in [2.75, 3.05) is 5.73 Å². The predicted molar refractivity (Wildman–Crippen MR) is 73.4 cm³/mol. The zero-order chi connectivity index (χ0) is 13.8. The van der Waals surface area contributed by atoms with Gasteiger partial charge in [0.2, 0.25) is 0 Å². The Bertz CT molecular complexity index is 596. The monoisotopic (exact) mass is 278 g/mol. The number of hydrogen-bond acceptors (Lipinski definition) is 2. The highest BCUT2D eigenvalue weighted by Gasteiger charge is 2.08. The summed E-state index contributed by atoms with van der Waals surface area (Å²) in [5.41, 5.74) is 6.68. The highest BCUT2D eigenvalue weighted by atomic mass is 35.5. The highest BCUT2D eigenvalue weighted by molar-refractivity contribution is 6.31. The number of carbonyl (C=O) groups excluding carboxylic acids is 1. The Balaban J connectivity index is 2.08. The molecule has 98 valence electrons. The Morgan fingerprint density at radius 2 is 2.00 bits per heavy atom. The molecule has 0 saturated heterocycles. The molecule has 3 nitrogen and oxygen atoms in total. The Morgan fingerprint density at radius 1 is 1.26 bits per heavy atom. The summed E-state index contributed by atoms with van der Waals surface area (Å²) in [4.78, 5) is 11.9. The van der Waals surface area contributed by atoms with Gasteiger partial charge in [0.05, 0.1) is 0 Å². The third kappa shape index (κ3) is 3.45. The first kappa shape index (κ1) is 13.4. The maximum atomic E-state index is 13.1. The molecule has 2 aromatic carbocycles. The average molecular weight is 279 g/mol. The minimum Gasteiger partial charge on any atom is -0.399 e. The van der Waals surface area contributed by atoms with Gasteiger partial charge in [-0.3, -0.25) is 4.79 Å². The molecule has 0 spiro atoms. The van der Waals surface area contributed by atoms with Crippen LogP contribution in [-0.4, -0.2) is 5.91 Å². The standard InChI is InChI=1S/C14H12ClFN2O/c15-13-4-2-1-3-9(13)8-18-14(19)10-5-11(16)7-12(17)6-10/h1-7H,8,17H2,(H,18,19). The summed E-state index contributed by atoms with van der Waals surface area (Å²) in [5, 5.41) is 3.24. The molecule has 2 rings (SSSR count).